The fraction of sp³-hybridized carbons (Fsp3) is 1.00. The molecule has 1 aliphatic carbocycles. The van der Waals surface area contributed by atoms with Gasteiger partial charge in [0.2, 0.25) is 0 Å². The molecule has 2 fully saturated rings. The third kappa shape index (κ3) is 2.68. The molecule has 1 heterocycles. The molecule has 0 aromatic rings. The number of nitrogens with zero attached hydrogens (tertiary/aromatic N) is 1. The summed E-state index contributed by atoms with van der Waals surface area (Å²) in [7, 11) is 0. The first-order valence-electron chi connectivity index (χ1n) is 5.71. The van der Waals surface area contributed by atoms with Crippen molar-refractivity contribution in [3.63, 3.8) is 0 Å². The van der Waals surface area contributed by atoms with Crippen molar-refractivity contribution >= 4 is 0 Å². The molecule has 2 heteroatoms. The van der Waals surface area contributed by atoms with E-state index in [2.05, 4.69) is 24.1 Å². The second-order valence-corrected chi connectivity index (χ2v) is 4.94. The Morgan fingerprint density at radius 2 is 2.15 bits per heavy atom. The lowest BCUT2D eigenvalue weighted by Crippen LogP contribution is -2.36. The molecule has 1 saturated carbocycles. The highest BCUT2D eigenvalue weighted by molar-refractivity contribution is 4.86. The van der Waals surface area contributed by atoms with Crippen LogP contribution in [0.5, 0.6) is 0 Å². The Kier molecular flexibility index (Phi) is 2.89. The van der Waals surface area contributed by atoms with Gasteiger partial charge in [-0.15, -0.1) is 0 Å². The van der Waals surface area contributed by atoms with Crippen LogP contribution in [0.15, 0.2) is 0 Å². The Bertz CT molecular complexity index is 169. The average molecular weight is 182 g/mol. The van der Waals surface area contributed by atoms with Crippen LogP contribution < -0.4 is 5.32 Å². The third-order valence-electron chi connectivity index (χ3n) is 3.44. The van der Waals surface area contributed by atoms with Crippen molar-refractivity contribution in [1.82, 2.24) is 10.2 Å². The lowest BCUT2D eigenvalue weighted by Gasteiger charge is -2.22. The van der Waals surface area contributed by atoms with Crippen LogP contribution in [0.1, 0.15) is 26.7 Å². The predicted molar refractivity (Wildman–Crippen MR) is 55.8 cm³/mol. The Morgan fingerprint density at radius 3 is 2.85 bits per heavy atom. The molecular weight excluding hydrogens is 160 g/mol. The van der Waals surface area contributed by atoms with Gasteiger partial charge >= 0.3 is 0 Å². The fourth-order valence-corrected chi connectivity index (χ4v) is 2.35. The van der Waals surface area contributed by atoms with E-state index < -0.39 is 0 Å². The maximum atomic E-state index is 3.54. The van der Waals surface area contributed by atoms with E-state index in [4.69, 9.17) is 0 Å². The van der Waals surface area contributed by atoms with Crippen molar-refractivity contribution in [2.75, 3.05) is 26.2 Å². The summed E-state index contributed by atoms with van der Waals surface area (Å²) in [5.41, 5.74) is 0. The normalized spacial score (nSPS) is 41.5. The van der Waals surface area contributed by atoms with E-state index >= 15 is 0 Å². The van der Waals surface area contributed by atoms with E-state index in [0.29, 0.717) is 6.04 Å². The predicted octanol–water partition coefficient (Wildman–Crippen LogP) is 1.33. The molecule has 0 bridgehead atoms. The minimum absolute atomic E-state index is 0.691. The Labute approximate surface area is 81.7 Å². The third-order valence-corrected chi connectivity index (χ3v) is 3.44. The van der Waals surface area contributed by atoms with Gasteiger partial charge in [-0.05, 0) is 44.7 Å². The van der Waals surface area contributed by atoms with Crippen molar-refractivity contribution < 1.29 is 0 Å². The summed E-state index contributed by atoms with van der Waals surface area (Å²) in [6.07, 6.45) is 2.80. The molecule has 0 radical (unpaired) electrons. The van der Waals surface area contributed by atoms with Gasteiger partial charge in [0.1, 0.15) is 0 Å². The van der Waals surface area contributed by atoms with Crippen molar-refractivity contribution in [3.05, 3.63) is 0 Å². The highest BCUT2D eigenvalue weighted by atomic mass is 15.2. The second kappa shape index (κ2) is 3.97. The van der Waals surface area contributed by atoms with Gasteiger partial charge in [0.25, 0.3) is 0 Å². The first-order chi connectivity index (χ1) is 6.25. The highest BCUT2D eigenvalue weighted by Gasteiger charge is 2.34. The van der Waals surface area contributed by atoms with Gasteiger partial charge in [-0.3, -0.25) is 0 Å². The summed E-state index contributed by atoms with van der Waals surface area (Å²) < 4.78 is 0. The molecule has 0 amide bonds. The fourth-order valence-electron chi connectivity index (χ4n) is 2.35. The van der Waals surface area contributed by atoms with E-state index in [1.165, 1.54) is 39.0 Å². The van der Waals surface area contributed by atoms with E-state index in [1.54, 1.807) is 0 Å². The Morgan fingerprint density at radius 1 is 1.38 bits per heavy atom. The molecular formula is C11H22N2. The summed E-state index contributed by atoms with van der Waals surface area (Å²) in [6.45, 7) is 9.80. The first kappa shape index (κ1) is 9.47. The van der Waals surface area contributed by atoms with Crippen LogP contribution in [0.25, 0.3) is 0 Å². The molecule has 1 saturated heterocycles. The van der Waals surface area contributed by atoms with Crippen LogP contribution in [0.3, 0.4) is 0 Å². The first-order valence-corrected chi connectivity index (χ1v) is 5.71. The molecule has 2 nitrogen and oxygen atoms in total. The maximum absolute atomic E-state index is 3.54. The summed E-state index contributed by atoms with van der Waals surface area (Å²) in [6, 6.07) is 0.691. The average Bonchev–Trinajstić information content (AvgIpc) is 2.78. The largest absolute Gasteiger partial charge is 0.313 e. The summed E-state index contributed by atoms with van der Waals surface area (Å²) in [5, 5.41) is 3.54. The quantitative estimate of drug-likeness (QED) is 0.693. The summed E-state index contributed by atoms with van der Waals surface area (Å²) >= 11 is 0. The van der Waals surface area contributed by atoms with Gasteiger partial charge in [-0.1, -0.05) is 6.92 Å². The minimum atomic E-state index is 0.691. The van der Waals surface area contributed by atoms with E-state index in [-0.39, 0.29) is 0 Å². The van der Waals surface area contributed by atoms with Crippen LogP contribution >= 0.6 is 0 Å². The summed E-state index contributed by atoms with van der Waals surface area (Å²) in [5.74, 6) is 2.02. The molecule has 0 spiro atoms. The van der Waals surface area contributed by atoms with E-state index in [9.17, 15) is 0 Å². The molecule has 1 aliphatic heterocycles. The van der Waals surface area contributed by atoms with Crippen LogP contribution in [0.2, 0.25) is 0 Å². The van der Waals surface area contributed by atoms with Crippen LogP contribution in [-0.2, 0) is 0 Å². The topological polar surface area (TPSA) is 15.3 Å². The van der Waals surface area contributed by atoms with Crippen LogP contribution in [-0.4, -0.2) is 37.1 Å². The zero-order valence-corrected chi connectivity index (χ0v) is 8.92. The number of rotatable bonds is 2. The molecule has 2 aliphatic rings. The molecule has 1 N–H and O–H groups in total. The molecule has 3 atom stereocenters. The zero-order chi connectivity index (χ0) is 9.26. The SMILES string of the molecule is CC1CN(CC2CC2C)CCCN1. The number of hydrogen-bond donors (Lipinski definition) is 1. The van der Waals surface area contributed by atoms with Gasteiger partial charge < -0.3 is 10.2 Å². The van der Waals surface area contributed by atoms with Crippen LogP contribution in [0, 0.1) is 11.8 Å². The van der Waals surface area contributed by atoms with Crippen molar-refractivity contribution in [2.24, 2.45) is 11.8 Å². The van der Waals surface area contributed by atoms with Crippen molar-refractivity contribution in [3.8, 4) is 0 Å². The monoisotopic (exact) mass is 182 g/mol. The Balaban J connectivity index is 1.76. The minimum Gasteiger partial charge on any atom is -0.313 e. The van der Waals surface area contributed by atoms with Crippen molar-refractivity contribution in [2.45, 2.75) is 32.7 Å². The Hall–Kier alpha value is -0.0800. The molecule has 2 rings (SSSR count). The molecule has 0 aromatic carbocycles. The second-order valence-electron chi connectivity index (χ2n) is 4.94. The molecule has 76 valence electrons. The smallest absolute Gasteiger partial charge is 0.0166 e. The van der Waals surface area contributed by atoms with E-state index in [1.807, 2.05) is 0 Å². The van der Waals surface area contributed by atoms with Gasteiger partial charge in [0.15, 0.2) is 0 Å². The summed E-state index contributed by atoms with van der Waals surface area (Å²) in [4.78, 5) is 2.65. The van der Waals surface area contributed by atoms with E-state index in [0.717, 1.165) is 11.8 Å². The lowest BCUT2D eigenvalue weighted by atomic mass is 10.2. The molecule has 13 heavy (non-hydrogen) atoms. The van der Waals surface area contributed by atoms with Gasteiger partial charge in [-0.2, -0.15) is 0 Å². The van der Waals surface area contributed by atoms with Gasteiger partial charge in [0, 0.05) is 19.1 Å². The number of nitrogens with one attached hydrogen (secondary N) is 1. The standard InChI is InChI=1S/C11H22N2/c1-9-6-11(9)8-13-5-3-4-12-10(2)7-13/h9-12H,3-8H2,1-2H3. The maximum Gasteiger partial charge on any atom is 0.0166 e. The van der Waals surface area contributed by atoms with Gasteiger partial charge in [0.05, 0.1) is 0 Å². The molecule has 3 unspecified atom stereocenters. The number of hydrogen-bond acceptors (Lipinski definition) is 2. The van der Waals surface area contributed by atoms with Crippen molar-refractivity contribution in [1.29, 1.82) is 0 Å². The molecule has 0 aromatic heterocycles. The lowest BCUT2D eigenvalue weighted by molar-refractivity contribution is 0.258. The van der Waals surface area contributed by atoms with Gasteiger partial charge in [-0.25, -0.2) is 0 Å². The highest BCUT2D eigenvalue weighted by Crippen LogP contribution is 2.38. The van der Waals surface area contributed by atoms with Crippen LogP contribution in [0.4, 0.5) is 0 Å². The zero-order valence-electron chi connectivity index (χ0n) is 8.92.